The summed E-state index contributed by atoms with van der Waals surface area (Å²) in [6.45, 7) is 12.0. The third-order valence-electron chi connectivity index (χ3n) is 20.4. The SMILES string of the molecule is CCCCCCCCCCCCCCCCCCCCCCCCC(=O)O[C@H](COC(=O)CCCCCCCCCCCCCCCCC(C)C)COP(=O)(O)OC[C@@H](O)COP(=O)(O)OC[C@@H](COC(=O)CCCCCCCCCCCC(C)C)OC(=O)CCCCCCCCCCCCCCC(C)C. The standard InChI is InChI=1S/C87H170O17P2/c1-8-9-10-11-12-13-14-15-16-17-18-19-20-21-22-23-28-34-41-49-56-63-70-86(91)103-82(74-97-84(89)68-61-54-47-40-33-27-25-24-26-31-37-44-51-58-65-78(2)3)76-101-105(93,94)99-72-81(88)73-100-106(95,96)102-77-83(75-98-85(90)69-62-55-48-43-36-39-46-53-60-67-80(6)7)104-87(92)71-64-57-50-42-35-30-29-32-38-45-52-59-66-79(4)5/h78-83,88H,8-77H2,1-7H3,(H,93,94)(H,95,96)/t81-,82-,83-/m1/s1. The molecule has 0 saturated heterocycles. The monoisotopic (exact) mass is 1550 g/mol. The van der Waals surface area contributed by atoms with Gasteiger partial charge in [-0.15, -0.1) is 0 Å². The van der Waals surface area contributed by atoms with Crippen LogP contribution in [-0.2, 0) is 65.4 Å². The lowest BCUT2D eigenvalue weighted by Gasteiger charge is -2.21. The second-order valence-corrected chi connectivity index (χ2v) is 35.6. The van der Waals surface area contributed by atoms with Crippen LogP contribution in [0.4, 0.5) is 0 Å². The number of esters is 4. The van der Waals surface area contributed by atoms with Crippen molar-refractivity contribution < 1.29 is 80.2 Å². The van der Waals surface area contributed by atoms with E-state index >= 15 is 0 Å². The lowest BCUT2D eigenvalue weighted by atomic mass is 10.0. The van der Waals surface area contributed by atoms with Crippen LogP contribution in [0.25, 0.3) is 0 Å². The van der Waals surface area contributed by atoms with Gasteiger partial charge in [0.1, 0.15) is 19.3 Å². The molecule has 0 heterocycles. The highest BCUT2D eigenvalue weighted by molar-refractivity contribution is 7.47. The minimum Gasteiger partial charge on any atom is -0.462 e. The zero-order valence-electron chi connectivity index (χ0n) is 69.9. The molecule has 0 aromatic carbocycles. The van der Waals surface area contributed by atoms with Crippen molar-refractivity contribution in [2.24, 2.45) is 17.8 Å². The van der Waals surface area contributed by atoms with E-state index in [2.05, 4.69) is 48.5 Å². The molecule has 106 heavy (non-hydrogen) atoms. The van der Waals surface area contributed by atoms with Crippen LogP contribution in [-0.4, -0.2) is 96.7 Å². The lowest BCUT2D eigenvalue weighted by Crippen LogP contribution is -2.30. The summed E-state index contributed by atoms with van der Waals surface area (Å²) in [5, 5.41) is 10.7. The first-order chi connectivity index (χ1) is 51.2. The van der Waals surface area contributed by atoms with Gasteiger partial charge in [-0.25, -0.2) is 9.13 Å². The fourth-order valence-corrected chi connectivity index (χ4v) is 15.1. The minimum absolute atomic E-state index is 0.107. The van der Waals surface area contributed by atoms with Crippen molar-refractivity contribution in [2.75, 3.05) is 39.6 Å². The van der Waals surface area contributed by atoms with Crippen LogP contribution >= 0.6 is 15.6 Å². The van der Waals surface area contributed by atoms with Crippen molar-refractivity contribution in [3.8, 4) is 0 Å². The fraction of sp³-hybridized carbons (Fsp3) is 0.954. The molecule has 2 unspecified atom stereocenters. The smallest absolute Gasteiger partial charge is 0.462 e. The van der Waals surface area contributed by atoms with Crippen LogP contribution in [0.5, 0.6) is 0 Å². The molecule has 0 radical (unpaired) electrons. The molecule has 0 aliphatic rings. The number of rotatable bonds is 85. The molecule has 19 heteroatoms. The Labute approximate surface area is 651 Å². The number of aliphatic hydroxyl groups excluding tert-OH is 1. The van der Waals surface area contributed by atoms with Crippen molar-refractivity contribution in [3.63, 3.8) is 0 Å². The maximum absolute atomic E-state index is 13.2. The molecular formula is C87H170O17P2. The van der Waals surface area contributed by atoms with Crippen LogP contribution in [0.1, 0.15) is 459 Å². The highest BCUT2D eigenvalue weighted by Gasteiger charge is 2.30. The number of phosphoric acid groups is 2. The number of ether oxygens (including phenoxy) is 4. The molecule has 0 amide bonds. The summed E-state index contributed by atoms with van der Waals surface area (Å²) >= 11 is 0. The molecule has 0 saturated carbocycles. The van der Waals surface area contributed by atoms with Gasteiger partial charge in [0.15, 0.2) is 12.2 Å². The van der Waals surface area contributed by atoms with Crippen molar-refractivity contribution in [1.29, 1.82) is 0 Å². The summed E-state index contributed by atoms with van der Waals surface area (Å²) in [7, 11) is -9.93. The van der Waals surface area contributed by atoms with Gasteiger partial charge in [-0.2, -0.15) is 0 Å². The van der Waals surface area contributed by atoms with Crippen LogP contribution in [0.2, 0.25) is 0 Å². The number of carbonyl (C=O) groups is 4. The predicted molar refractivity (Wildman–Crippen MR) is 437 cm³/mol. The van der Waals surface area contributed by atoms with Gasteiger partial charge in [0.25, 0.3) is 0 Å². The highest BCUT2D eigenvalue weighted by atomic mass is 31.2. The minimum atomic E-state index is -4.97. The maximum Gasteiger partial charge on any atom is 0.472 e. The summed E-state index contributed by atoms with van der Waals surface area (Å²) < 4.78 is 68.9. The zero-order valence-corrected chi connectivity index (χ0v) is 71.7. The fourth-order valence-electron chi connectivity index (χ4n) is 13.5. The van der Waals surface area contributed by atoms with Gasteiger partial charge in [-0.05, 0) is 43.4 Å². The van der Waals surface area contributed by atoms with E-state index in [0.717, 1.165) is 108 Å². The van der Waals surface area contributed by atoms with Crippen LogP contribution < -0.4 is 0 Å². The van der Waals surface area contributed by atoms with Crippen LogP contribution in [0.15, 0.2) is 0 Å². The Hall–Kier alpha value is -1.94. The van der Waals surface area contributed by atoms with Crippen molar-refractivity contribution >= 4 is 39.5 Å². The van der Waals surface area contributed by atoms with Crippen molar-refractivity contribution in [3.05, 3.63) is 0 Å². The van der Waals surface area contributed by atoms with Gasteiger partial charge in [0, 0.05) is 25.7 Å². The van der Waals surface area contributed by atoms with E-state index in [1.807, 2.05) is 0 Å². The molecule has 0 aliphatic heterocycles. The molecule has 0 fully saturated rings. The Balaban J connectivity index is 5.24. The second kappa shape index (κ2) is 77.0. The topological polar surface area (TPSA) is 237 Å². The molecule has 0 aliphatic carbocycles. The summed E-state index contributed by atoms with van der Waals surface area (Å²) in [6, 6.07) is 0. The largest absolute Gasteiger partial charge is 0.472 e. The number of hydrogen-bond donors (Lipinski definition) is 3. The van der Waals surface area contributed by atoms with E-state index in [-0.39, 0.29) is 25.7 Å². The Morgan fingerprint density at radius 2 is 0.434 bits per heavy atom. The first-order valence-electron chi connectivity index (χ1n) is 44.8. The highest BCUT2D eigenvalue weighted by Crippen LogP contribution is 2.45. The van der Waals surface area contributed by atoms with Crippen molar-refractivity contribution in [1.82, 2.24) is 0 Å². The van der Waals surface area contributed by atoms with E-state index in [1.165, 1.54) is 270 Å². The number of carbonyl (C=O) groups excluding carboxylic acids is 4. The summed E-state index contributed by atoms with van der Waals surface area (Å²) in [4.78, 5) is 73.3. The third kappa shape index (κ3) is 80.1. The molecule has 0 spiro atoms. The number of hydrogen-bond acceptors (Lipinski definition) is 15. The number of unbranched alkanes of at least 4 members (excludes halogenated alkanes) is 53. The Kier molecular flexibility index (Phi) is 75.6. The molecule has 0 bridgehead atoms. The molecule has 0 aromatic rings. The third-order valence-corrected chi connectivity index (χ3v) is 22.3. The van der Waals surface area contributed by atoms with Crippen LogP contribution in [0, 0.1) is 17.8 Å². The van der Waals surface area contributed by atoms with E-state index in [1.54, 1.807) is 0 Å². The molecular weight excluding hydrogens is 1380 g/mol. The van der Waals surface area contributed by atoms with E-state index in [9.17, 15) is 43.2 Å². The number of aliphatic hydroxyl groups is 1. The first kappa shape index (κ1) is 104. The predicted octanol–water partition coefficient (Wildman–Crippen LogP) is 26.5. The van der Waals surface area contributed by atoms with Gasteiger partial charge >= 0.3 is 39.5 Å². The Morgan fingerprint density at radius 3 is 0.642 bits per heavy atom. The Bertz CT molecular complexity index is 2040. The van der Waals surface area contributed by atoms with Gasteiger partial charge in [-0.1, -0.05) is 408 Å². The molecule has 630 valence electrons. The van der Waals surface area contributed by atoms with Gasteiger partial charge in [0.05, 0.1) is 26.4 Å². The molecule has 17 nitrogen and oxygen atoms in total. The zero-order chi connectivity index (χ0) is 77.9. The normalized spacial score (nSPS) is 13.9. The van der Waals surface area contributed by atoms with Gasteiger partial charge < -0.3 is 33.8 Å². The summed E-state index contributed by atoms with van der Waals surface area (Å²) in [5.74, 6) is 0.215. The molecule has 3 N–H and O–H groups in total. The van der Waals surface area contributed by atoms with E-state index < -0.39 is 97.5 Å². The molecule has 5 atom stereocenters. The summed E-state index contributed by atoms with van der Waals surface area (Å²) in [6.07, 6.45) is 68.1. The quantitative estimate of drug-likeness (QED) is 0.0222. The van der Waals surface area contributed by atoms with Gasteiger partial charge in [0.2, 0.25) is 0 Å². The lowest BCUT2D eigenvalue weighted by molar-refractivity contribution is -0.161. The number of phosphoric ester groups is 2. The first-order valence-corrected chi connectivity index (χ1v) is 47.8. The van der Waals surface area contributed by atoms with Crippen molar-refractivity contribution in [2.45, 2.75) is 478 Å². The average Bonchev–Trinajstić information content (AvgIpc) is 0.899. The maximum atomic E-state index is 13.2. The van der Waals surface area contributed by atoms with Gasteiger partial charge in [-0.3, -0.25) is 37.3 Å². The van der Waals surface area contributed by atoms with E-state index in [0.29, 0.717) is 25.7 Å². The van der Waals surface area contributed by atoms with Crippen LogP contribution in [0.3, 0.4) is 0 Å². The summed E-state index contributed by atoms with van der Waals surface area (Å²) in [5.41, 5.74) is 0. The Morgan fingerprint density at radius 1 is 0.255 bits per heavy atom. The van der Waals surface area contributed by atoms with E-state index in [4.69, 9.17) is 37.0 Å². The average molecular weight is 1550 g/mol. The molecule has 0 aromatic heterocycles. The second-order valence-electron chi connectivity index (χ2n) is 32.7. The molecule has 0 rings (SSSR count).